The van der Waals surface area contributed by atoms with Gasteiger partial charge < -0.3 is 9.47 Å². The number of carbonyl (C=O) groups is 1. The first kappa shape index (κ1) is 13.8. The summed E-state index contributed by atoms with van der Waals surface area (Å²) in [4.78, 5) is 11.3. The Morgan fingerprint density at radius 1 is 1.29 bits per heavy atom. The highest BCUT2D eigenvalue weighted by molar-refractivity contribution is 7.90. The molecule has 5 nitrogen and oxygen atoms in total. The van der Waals surface area contributed by atoms with Crippen LogP contribution in [0.4, 0.5) is 0 Å². The normalized spacial score (nSPS) is 11.1. The minimum atomic E-state index is -3.52. The van der Waals surface area contributed by atoms with Crippen molar-refractivity contribution in [1.82, 2.24) is 0 Å². The fourth-order valence-electron chi connectivity index (χ4n) is 1.26. The molecule has 0 aromatic heterocycles. The number of esters is 1. The summed E-state index contributed by atoms with van der Waals surface area (Å²) in [5.41, 5.74) is 0.0137. The summed E-state index contributed by atoms with van der Waals surface area (Å²) < 4.78 is 32.3. The van der Waals surface area contributed by atoms with Crippen LogP contribution in [0.3, 0.4) is 0 Å². The van der Waals surface area contributed by atoms with Crippen molar-refractivity contribution in [3.05, 3.63) is 22.7 Å². The second-order valence-electron chi connectivity index (χ2n) is 3.25. The van der Waals surface area contributed by atoms with E-state index in [-0.39, 0.29) is 21.2 Å². The van der Waals surface area contributed by atoms with Gasteiger partial charge in [0, 0.05) is 12.3 Å². The first-order valence-electron chi connectivity index (χ1n) is 4.47. The summed E-state index contributed by atoms with van der Waals surface area (Å²) in [7, 11) is -0.982. The molecular formula is C10H11ClO5S. The maximum absolute atomic E-state index is 11.4. The summed E-state index contributed by atoms with van der Waals surface area (Å²) in [5.74, 6) is -0.530. The van der Waals surface area contributed by atoms with E-state index in [9.17, 15) is 13.2 Å². The lowest BCUT2D eigenvalue weighted by Crippen LogP contribution is -2.07. The lowest BCUT2D eigenvalue weighted by molar-refractivity contribution is 0.0597. The van der Waals surface area contributed by atoms with Crippen LogP contribution >= 0.6 is 11.6 Å². The van der Waals surface area contributed by atoms with Crippen molar-refractivity contribution in [2.75, 3.05) is 20.5 Å². The van der Waals surface area contributed by atoms with Crippen molar-refractivity contribution in [1.29, 1.82) is 0 Å². The van der Waals surface area contributed by atoms with E-state index in [1.165, 1.54) is 20.3 Å². The van der Waals surface area contributed by atoms with Crippen molar-refractivity contribution in [3.8, 4) is 5.75 Å². The van der Waals surface area contributed by atoms with Gasteiger partial charge in [-0.1, -0.05) is 11.6 Å². The van der Waals surface area contributed by atoms with E-state index in [0.717, 1.165) is 12.3 Å². The van der Waals surface area contributed by atoms with Crippen LogP contribution in [0, 0.1) is 0 Å². The Labute approximate surface area is 104 Å². The summed E-state index contributed by atoms with van der Waals surface area (Å²) in [6, 6.07) is 2.41. The predicted octanol–water partition coefficient (Wildman–Crippen LogP) is 1.54. The van der Waals surface area contributed by atoms with Gasteiger partial charge in [-0.25, -0.2) is 13.2 Å². The van der Waals surface area contributed by atoms with Crippen LogP contribution in [-0.4, -0.2) is 34.9 Å². The van der Waals surface area contributed by atoms with E-state index < -0.39 is 15.8 Å². The molecule has 0 fully saturated rings. The molecule has 0 aliphatic heterocycles. The van der Waals surface area contributed by atoms with E-state index >= 15 is 0 Å². The summed E-state index contributed by atoms with van der Waals surface area (Å²) in [6.45, 7) is 0. The van der Waals surface area contributed by atoms with E-state index in [0.29, 0.717) is 0 Å². The van der Waals surface area contributed by atoms with Crippen LogP contribution in [-0.2, 0) is 14.6 Å². The molecule has 94 valence electrons. The number of halogens is 1. The number of benzene rings is 1. The van der Waals surface area contributed by atoms with Gasteiger partial charge in [0.15, 0.2) is 9.84 Å². The Kier molecular flexibility index (Phi) is 4.00. The Bertz CT molecular complexity index is 550. The molecule has 0 bridgehead atoms. The fourth-order valence-corrected chi connectivity index (χ4v) is 2.58. The molecule has 1 aromatic rings. The van der Waals surface area contributed by atoms with Crippen molar-refractivity contribution < 1.29 is 22.7 Å². The molecule has 1 rings (SSSR count). The summed E-state index contributed by atoms with van der Waals surface area (Å²) in [5, 5.41) is -0.00277. The third kappa shape index (κ3) is 2.89. The molecule has 0 amide bonds. The lowest BCUT2D eigenvalue weighted by atomic mass is 10.2. The number of hydrogen-bond donors (Lipinski definition) is 0. The van der Waals surface area contributed by atoms with Crippen molar-refractivity contribution in [3.63, 3.8) is 0 Å². The second kappa shape index (κ2) is 4.93. The topological polar surface area (TPSA) is 69.7 Å². The molecule has 0 heterocycles. The molecule has 0 spiro atoms. The minimum absolute atomic E-state index is 0.00277. The lowest BCUT2D eigenvalue weighted by Gasteiger charge is -2.10. The van der Waals surface area contributed by atoms with Gasteiger partial charge >= 0.3 is 5.97 Å². The highest BCUT2D eigenvalue weighted by atomic mass is 35.5. The molecule has 0 radical (unpaired) electrons. The molecular weight excluding hydrogens is 268 g/mol. The molecule has 0 saturated carbocycles. The number of hydrogen-bond acceptors (Lipinski definition) is 5. The van der Waals surface area contributed by atoms with Gasteiger partial charge in [-0.05, 0) is 6.07 Å². The van der Waals surface area contributed by atoms with Crippen LogP contribution < -0.4 is 4.74 Å². The first-order chi connectivity index (χ1) is 7.81. The third-order valence-corrected chi connectivity index (χ3v) is 3.62. The molecule has 17 heavy (non-hydrogen) atoms. The van der Waals surface area contributed by atoms with Crippen molar-refractivity contribution >= 4 is 27.4 Å². The van der Waals surface area contributed by atoms with Gasteiger partial charge in [0.2, 0.25) is 0 Å². The third-order valence-electron chi connectivity index (χ3n) is 2.06. The van der Waals surface area contributed by atoms with Crippen molar-refractivity contribution in [2.24, 2.45) is 0 Å². The molecule has 7 heteroatoms. The average Bonchev–Trinajstić information content (AvgIpc) is 2.25. The highest BCUT2D eigenvalue weighted by Gasteiger charge is 2.20. The first-order valence-corrected chi connectivity index (χ1v) is 6.74. The molecule has 0 atom stereocenters. The van der Waals surface area contributed by atoms with E-state index in [2.05, 4.69) is 4.74 Å². The summed E-state index contributed by atoms with van der Waals surface area (Å²) >= 11 is 5.80. The van der Waals surface area contributed by atoms with Gasteiger partial charge in [-0.15, -0.1) is 0 Å². The Balaban J connectivity index is 3.54. The average molecular weight is 279 g/mol. The zero-order valence-electron chi connectivity index (χ0n) is 9.48. The SMILES string of the molecule is COC(=O)c1cc(S(C)(=O)=O)c(Cl)cc1OC. The van der Waals surface area contributed by atoms with Gasteiger partial charge in [0.05, 0.1) is 24.1 Å². The second-order valence-corrected chi connectivity index (χ2v) is 5.64. The van der Waals surface area contributed by atoms with Gasteiger partial charge in [-0.2, -0.15) is 0 Å². The largest absolute Gasteiger partial charge is 0.496 e. The fraction of sp³-hybridized carbons (Fsp3) is 0.300. The standard InChI is InChI=1S/C10H11ClO5S/c1-15-8-5-7(11)9(17(3,13)14)4-6(8)10(12)16-2/h4-5H,1-3H3. The smallest absolute Gasteiger partial charge is 0.341 e. The van der Waals surface area contributed by atoms with Crippen LogP contribution in [0.25, 0.3) is 0 Å². The van der Waals surface area contributed by atoms with E-state index in [1.807, 2.05) is 0 Å². The maximum Gasteiger partial charge on any atom is 0.341 e. The zero-order valence-corrected chi connectivity index (χ0v) is 11.1. The Morgan fingerprint density at radius 2 is 1.88 bits per heavy atom. The van der Waals surface area contributed by atoms with Crippen LogP contribution in [0.2, 0.25) is 5.02 Å². The Hall–Kier alpha value is -1.27. The minimum Gasteiger partial charge on any atom is -0.496 e. The monoisotopic (exact) mass is 278 g/mol. The molecule has 0 aliphatic carbocycles. The van der Waals surface area contributed by atoms with E-state index in [1.54, 1.807) is 0 Å². The molecule has 0 N–H and O–H groups in total. The van der Waals surface area contributed by atoms with E-state index in [4.69, 9.17) is 16.3 Å². The predicted molar refractivity (Wildman–Crippen MR) is 62.5 cm³/mol. The number of ether oxygens (including phenoxy) is 2. The van der Waals surface area contributed by atoms with Gasteiger partial charge in [0.1, 0.15) is 11.3 Å². The number of methoxy groups -OCH3 is 2. The number of sulfone groups is 1. The maximum atomic E-state index is 11.4. The van der Waals surface area contributed by atoms with Crippen LogP contribution in [0.15, 0.2) is 17.0 Å². The summed E-state index contributed by atoms with van der Waals surface area (Å²) in [6.07, 6.45) is 1.00. The molecule has 0 saturated heterocycles. The van der Waals surface area contributed by atoms with Crippen LogP contribution in [0.5, 0.6) is 5.75 Å². The number of rotatable bonds is 3. The molecule has 1 aromatic carbocycles. The van der Waals surface area contributed by atoms with Crippen molar-refractivity contribution in [2.45, 2.75) is 4.90 Å². The van der Waals surface area contributed by atoms with Crippen LogP contribution in [0.1, 0.15) is 10.4 Å². The highest BCUT2D eigenvalue weighted by Crippen LogP contribution is 2.30. The molecule has 0 unspecified atom stereocenters. The number of carbonyl (C=O) groups excluding carboxylic acids is 1. The zero-order chi connectivity index (χ0) is 13.2. The van der Waals surface area contributed by atoms with Gasteiger partial charge in [0.25, 0.3) is 0 Å². The molecule has 0 aliphatic rings. The van der Waals surface area contributed by atoms with Gasteiger partial charge in [-0.3, -0.25) is 0 Å². The Morgan fingerprint density at radius 3 is 2.29 bits per heavy atom. The quantitative estimate of drug-likeness (QED) is 0.785.